The van der Waals surface area contributed by atoms with Gasteiger partial charge in [-0.15, -0.1) is 0 Å². The smallest absolute Gasteiger partial charge is 0.462 e. The number of carbonyl (C=O) groups excluding carboxylic acids is 2. The number of likely N-dealkylation sites (N-methyl/N-ethyl adjacent to an activating group) is 1. The molecule has 9 nitrogen and oxygen atoms in total. The van der Waals surface area contributed by atoms with Crippen LogP contribution in [0.3, 0.4) is 0 Å². The average Bonchev–Trinajstić information content (AvgIpc) is 3.61. The lowest BCUT2D eigenvalue weighted by atomic mass is 10.0. The minimum atomic E-state index is -4.39. The maximum atomic E-state index is 12.9. The zero-order chi connectivity index (χ0) is 61.2. The van der Waals surface area contributed by atoms with Gasteiger partial charge in [0.2, 0.25) is 0 Å². The predicted molar refractivity (Wildman–Crippen MR) is 363 cm³/mol. The number of carbonyl (C=O) groups is 2. The number of allylic oxidation sites excluding steroid dienone is 8. The van der Waals surface area contributed by atoms with E-state index in [0.29, 0.717) is 17.4 Å². The molecule has 2 unspecified atom stereocenters. The Morgan fingerprint density at radius 2 is 0.643 bits per heavy atom. The Hall–Kier alpha value is -2.03. The lowest BCUT2D eigenvalue weighted by molar-refractivity contribution is -0.870. The fourth-order valence-corrected chi connectivity index (χ4v) is 11.5. The number of quaternary nitrogens is 1. The standard InChI is InChI=1S/C74H140NO8P/c1-6-8-10-12-14-16-18-20-22-24-26-28-30-31-32-33-34-35-36-37-38-39-40-41-42-43-45-47-49-51-53-55-57-59-61-63-65-67-74(77)83-72(71-82-84(78,79)81-69-68-75(3,4)5)70-80-73(76)66-64-62-60-58-56-54-52-50-48-46-44-29-27-25-23-21-19-17-15-13-11-9-7-2/h18-21,24-27,72H,6-17,22-23,28-71H2,1-5H3/p+1/b20-18-,21-19-,26-24-,27-25-. The lowest BCUT2D eigenvalue weighted by Crippen LogP contribution is -2.37. The highest BCUT2D eigenvalue weighted by Gasteiger charge is 2.27. The third-order valence-electron chi connectivity index (χ3n) is 16.3. The second-order valence-electron chi connectivity index (χ2n) is 26.0. The molecule has 0 aliphatic heterocycles. The Morgan fingerprint density at radius 1 is 0.369 bits per heavy atom. The van der Waals surface area contributed by atoms with Crippen LogP contribution in [-0.2, 0) is 32.7 Å². The van der Waals surface area contributed by atoms with Gasteiger partial charge in [-0.3, -0.25) is 18.6 Å². The summed E-state index contributed by atoms with van der Waals surface area (Å²) < 4.78 is 34.7. The van der Waals surface area contributed by atoms with Gasteiger partial charge in [0.05, 0.1) is 27.7 Å². The van der Waals surface area contributed by atoms with Crippen LogP contribution in [-0.4, -0.2) is 74.9 Å². The SMILES string of the molecule is CCCCCCC/C=C\C/C=C\CCCCCCCCCCCCCCCCCCCCCCCCCCCC(=O)OC(COC(=O)CCCCCCCCCCCCC/C=C\C/C=C\CCCCCCC)COP(=O)(O)OCC[N+](C)(C)C. The molecule has 494 valence electrons. The predicted octanol–water partition coefficient (Wildman–Crippen LogP) is 23.6. The van der Waals surface area contributed by atoms with Gasteiger partial charge < -0.3 is 18.9 Å². The van der Waals surface area contributed by atoms with Crippen molar-refractivity contribution in [2.75, 3.05) is 47.5 Å². The average molecular weight is 1200 g/mol. The largest absolute Gasteiger partial charge is 0.472 e. The molecule has 0 aromatic carbocycles. The number of rotatable bonds is 68. The van der Waals surface area contributed by atoms with Crippen LogP contribution in [0.25, 0.3) is 0 Å². The third kappa shape index (κ3) is 69.1. The number of phosphoric ester groups is 1. The maximum absolute atomic E-state index is 12.9. The molecule has 0 aromatic heterocycles. The monoisotopic (exact) mass is 1200 g/mol. The van der Waals surface area contributed by atoms with E-state index in [0.717, 1.165) is 44.9 Å². The highest BCUT2D eigenvalue weighted by atomic mass is 31.2. The molecule has 0 amide bonds. The van der Waals surface area contributed by atoms with Gasteiger partial charge in [0.25, 0.3) is 0 Å². The first-order chi connectivity index (χ1) is 41.0. The summed E-state index contributed by atoms with van der Waals surface area (Å²) in [6.45, 7) is 4.47. The van der Waals surface area contributed by atoms with E-state index in [9.17, 15) is 19.0 Å². The summed E-state index contributed by atoms with van der Waals surface area (Å²) >= 11 is 0. The fourth-order valence-electron chi connectivity index (χ4n) is 10.7. The molecule has 10 heteroatoms. The van der Waals surface area contributed by atoms with E-state index >= 15 is 0 Å². The van der Waals surface area contributed by atoms with E-state index in [4.69, 9.17) is 18.5 Å². The van der Waals surface area contributed by atoms with Crippen molar-refractivity contribution in [3.8, 4) is 0 Å². The maximum Gasteiger partial charge on any atom is 0.472 e. The van der Waals surface area contributed by atoms with E-state index in [1.165, 1.54) is 283 Å². The van der Waals surface area contributed by atoms with Gasteiger partial charge in [-0.05, 0) is 77.0 Å². The molecular formula is C74H141NO8P+. The Kier molecular flexibility index (Phi) is 63.8. The minimum absolute atomic E-state index is 0.0331. The molecule has 0 aromatic rings. The molecule has 0 radical (unpaired) electrons. The Labute approximate surface area is 522 Å². The van der Waals surface area contributed by atoms with Crippen LogP contribution in [0.1, 0.15) is 361 Å². The van der Waals surface area contributed by atoms with Crippen molar-refractivity contribution in [3.05, 3.63) is 48.6 Å². The van der Waals surface area contributed by atoms with Gasteiger partial charge in [-0.25, -0.2) is 4.57 Å². The molecule has 84 heavy (non-hydrogen) atoms. The van der Waals surface area contributed by atoms with Crippen molar-refractivity contribution in [1.82, 2.24) is 0 Å². The van der Waals surface area contributed by atoms with E-state index < -0.39 is 26.5 Å². The molecule has 0 saturated carbocycles. The van der Waals surface area contributed by atoms with Gasteiger partial charge in [0.15, 0.2) is 6.10 Å². The quantitative estimate of drug-likeness (QED) is 0.0211. The van der Waals surface area contributed by atoms with Crippen LogP contribution in [0.15, 0.2) is 48.6 Å². The van der Waals surface area contributed by atoms with Crippen molar-refractivity contribution >= 4 is 19.8 Å². The number of phosphoric acid groups is 1. The van der Waals surface area contributed by atoms with Gasteiger partial charge in [0, 0.05) is 12.8 Å². The zero-order valence-electron chi connectivity index (χ0n) is 56.4. The molecule has 0 aliphatic carbocycles. The van der Waals surface area contributed by atoms with Crippen LogP contribution in [0.4, 0.5) is 0 Å². The zero-order valence-corrected chi connectivity index (χ0v) is 57.3. The van der Waals surface area contributed by atoms with Crippen LogP contribution in [0.5, 0.6) is 0 Å². The normalized spacial score (nSPS) is 13.4. The molecule has 0 saturated heterocycles. The molecule has 0 bridgehead atoms. The first-order valence-electron chi connectivity index (χ1n) is 36.4. The summed E-state index contributed by atoms with van der Waals surface area (Å²) in [6.07, 6.45) is 85.2. The van der Waals surface area contributed by atoms with E-state index in [2.05, 4.69) is 62.5 Å². The van der Waals surface area contributed by atoms with E-state index in [1.54, 1.807) is 0 Å². The summed E-state index contributed by atoms with van der Waals surface area (Å²) in [6, 6.07) is 0. The molecule has 0 fully saturated rings. The summed E-state index contributed by atoms with van der Waals surface area (Å²) in [4.78, 5) is 35.9. The Morgan fingerprint density at radius 3 is 0.940 bits per heavy atom. The van der Waals surface area contributed by atoms with E-state index in [-0.39, 0.29) is 32.0 Å². The van der Waals surface area contributed by atoms with Crippen LogP contribution in [0.2, 0.25) is 0 Å². The highest BCUT2D eigenvalue weighted by molar-refractivity contribution is 7.47. The number of ether oxygens (including phenoxy) is 2. The molecular weight excluding hydrogens is 1060 g/mol. The van der Waals surface area contributed by atoms with Crippen molar-refractivity contribution in [3.63, 3.8) is 0 Å². The van der Waals surface area contributed by atoms with Crippen molar-refractivity contribution in [1.29, 1.82) is 0 Å². The second kappa shape index (κ2) is 65.4. The van der Waals surface area contributed by atoms with Crippen molar-refractivity contribution < 1.29 is 42.1 Å². The molecule has 1 N–H and O–H groups in total. The second-order valence-corrected chi connectivity index (χ2v) is 27.4. The summed E-state index contributed by atoms with van der Waals surface area (Å²) in [5.74, 6) is -0.781. The van der Waals surface area contributed by atoms with Crippen LogP contribution >= 0.6 is 7.82 Å². The fraction of sp³-hybridized carbons (Fsp3) is 0.865. The molecule has 2 atom stereocenters. The van der Waals surface area contributed by atoms with Gasteiger partial charge >= 0.3 is 19.8 Å². The first kappa shape index (κ1) is 82.0. The topological polar surface area (TPSA) is 108 Å². The van der Waals surface area contributed by atoms with E-state index in [1.807, 2.05) is 21.1 Å². The van der Waals surface area contributed by atoms with Gasteiger partial charge in [-0.2, -0.15) is 0 Å². The number of hydrogen-bond acceptors (Lipinski definition) is 7. The first-order valence-corrected chi connectivity index (χ1v) is 37.9. The Balaban J connectivity index is 3.94. The lowest BCUT2D eigenvalue weighted by Gasteiger charge is -2.24. The number of hydrogen-bond donors (Lipinski definition) is 1. The molecule has 0 aliphatic rings. The molecule has 0 spiro atoms. The van der Waals surface area contributed by atoms with Gasteiger partial charge in [0.1, 0.15) is 19.8 Å². The minimum Gasteiger partial charge on any atom is -0.462 e. The molecule has 0 rings (SSSR count). The van der Waals surface area contributed by atoms with Crippen molar-refractivity contribution in [2.45, 2.75) is 367 Å². The van der Waals surface area contributed by atoms with Crippen LogP contribution < -0.4 is 0 Å². The summed E-state index contributed by atoms with van der Waals surface area (Å²) in [5.41, 5.74) is 0. The summed E-state index contributed by atoms with van der Waals surface area (Å²) in [5, 5.41) is 0. The van der Waals surface area contributed by atoms with Crippen molar-refractivity contribution in [2.24, 2.45) is 0 Å². The van der Waals surface area contributed by atoms with Gasteiger partial charge in [-0.1, -0.05) is 319 Å². The molecule has 0 heterocycles. The Bertz CT molecular complexity index is 1560. The number of esters is 2. The summed E-state index contributed by atoms with van der Waals surface area (Å²) in [7, 11) is 1.49. The van der Waals surface area contributed by atoms with Crippen LogP contribution in [0, 0.1) is 0 Å². The third-order valence-corrected chi connectivity index (χ3v) is 17.3. The highest BCUT2D eigenvalue weighted by Crippen LogP contribution is 2.43. The number of nitrogens with zero attached hydrogens (tertiary/aromatic N) is 1. The number of unbranched alkanes of at least 4 members (excludes halogenated alkanes) is 46.